The maximum absolute atomic E-state index is 10.9. The van der Waals surface area contributed by atoms with Crippen LogP contribution in [0.15, 0.2) is 35.7 Å². The molecule has 0 aromatic carbocycles. The Morgan fingerprint density at radius 1 is 1.25 bits per heavy atom. The van der Waals surface area contributed by atoms with E-state index in [2.05, 4.69) is 20.3 Å². The third-order valence-electron chi connectivity index (χ3n) is 3.94. The standard InChI is InChI=1S/C17H20N4O2S/c22-16(23)14-6-3-7-15(21-14)18-9-8-12-10-19-17(20-11-12)24-13-4-1-2-5-13/h3,6-7,10-11,13H,1-2,4-5,8-9H2,(H,18,21)(H,22,23). The summed E-state index contributed by atoms with van der Waals surface area (Å²) >= 11 is 1.78. The van der Waals surface area contributed by atoms with Crippen LogP contribution in [0.1, 0.15) is 41.7 Å². The molecule has 0 unspecified atom stereocenters. The number of nitrogens with zero attached hydrogens (tertiary/aromatic N) is 3. The zero-order valence-corrected chi connectivity index (χ0v) is 14.1. The van der Waals surface area contributed by atoms with Gasteiger partial charge < -0.3 is 10.4 Å². The van der Waals surface area contributed by atoms with Gasteiger partial charge in [0.05, 0.1) is 0 Å². The van der Waals surface area contributed by atoms with E-state index < -0.39 is 5.97 Å². The van der Waals surface area contributed by atoms with Crippen LogP contribution in [0, 0.1) is 0 Å². The lowest BCUT2D eigenvalue weighted by molar-refractivity contribution is 0.0690. The Balaban J connectivity index is 1.48. The van der Waals surface area contributed by atoms with E-state index in [9.17, 15) is 4.79 Å². The van der Waals surface area contributed by atoms with E-state index in [1.54, 1.807) is 23.9 Å². The summed E-state index contributed by atoms with van der Waals surface area (Å²) in [6, 6.07) is 4.91. The van der Waals surface area contributed by atoms with Gasteiger partial charge in [0.1, 0.15) is 5.82 Å². The first-order valence-electron chi connectivity index (χ1n) is 8.12. The highest BCUT2D eigenvalue weighted by Crippen LogP contribution is 2.32. The molecule has 0 atom stereocenters. The van der Waals surface area contributed by atoms with Crippen LogP contribution in [0.5, 0.6) is 0 Å². The molecule has 2 aromatic heterocycles. The van der Waals surface area contributed by atoms with Gasteiger partial charge in [-0.1, -0.05) is 30.7 Å². The summed E-state index contributed by atoms with van der Waals surface area (Å²) in [6.07, 6.45) is 9.66. The lowest BCUT2D eigenvalue weighted by atomic mass is 10.2. The summed E-state index contributed by atoms with van der Waals surface area (Å²) in [5, 5.41) is 13.6. The van der Waals surface area contributed by atoms with E-state index in [4.69, 9.17) is 5.11 Å². The fourth-order valence-corrected chi connectivity index (χ4v) is 3.77. The van der Waals surface area contributed by atoms with Gasteiger partial charge in [0.2, 0.25) is 0 Å². The van der Waals surface area contributed by atoms with Crippen LogP contribution in [0.2, 0.25) is 0 Å². The Labute approximate surface area is 145 Å². The average Bonchev–Trinajstić information content (AvgIpc) is 3.10. The molecule has 0 amide bonds. The maximum Gasteiger partial charge on any atom is 0.354 e. The Bertz CT molecular complexity index is 687. The predicted octanol–water partition coefficient (Wildman–Crippen LogP) is 3.26. The van der Waals surface area contributed by atoms with E-state index in [0.29, 0.717) is 17.6 Å². The van der Waals surface area contributed by atoms with Crippen LogP contribution in [0.25, 0.3) is 0 Å². The SMILES string of the molecule is O=C(O)c1cccc(NCCc2cnc(SC3CCCC3)nc2)n1. The number of carboxylic acid groups (broad SMARTS) is 1. The van der Waals surface area contributed by atoms with Crippen molar-refractivity contribution in [2.75, 3.05) is 11.9 Å². The molecule has 0 spiro atoms. The van der Waals surface area contributed by atoms with Gasteiger partial charge in [-0.05, 0) is 37.0 Å². The normalized spacial score (nSPS) is 14.7. The molecule has 1 aliphatic rings. The van der Waals surface area contributed by atoms with E-state index >= 15 is 0 Å². The average molecular weight is 344 g/mol. The number of carbonyl (C=O) groups is 1. The van der Waals surface area contributed by atoms with Gasteiger partial charge in [-0.3, -0.25) is 0 Å². The number of hydrogen-bond donors (Lipinski definition) is 2. The predicted molar refractivity (Wildman–Crippen MR) is 93.5 cm³/mol. The fourth-order valence-electron chi connectivity index (χ4n) is 2.68. The van der Waals surface area contributed by atoms with Crippen molar-refractivity contribution in [3.63, 3.8) is 0 Å². The molecule has 2 heterocycles. The number of nitrogens with one attached hydrogen (secondary N) is 1. The van der Waals surface area contributed by atoms with Crippen LogP contribution in [0.4, 0.5) is 5.82 Å². The summed E-state index contributed by atoms with van der Waals surface area (Å²) in [4.78, 5) is 23.8. The Hall–Kier alpha value is -2.15. The zero-order chi connectivity index (χ0) is 16.8. The summed E-state index contributed by atoms with van der Waals surface area (Å²) in [6.45, 7) is 0.647. The van der Waals surface area contributed by atoms with Gasteiger partial charge in [-0.2, -0.15) is 0 Å². The summed E-state index contributed by atoms with van der Waals surface area (Å²) < 4.78 is 0. The molecule has 2 N–H and O–H groups in total. The molecule has 0 radical (unpaired) electrons. The van der Waals surface area contributed by atoms with Crippen LogP contribution in [-0.2, 0) is 6.42 Å². The number of hydrogen-bond acceptors (Lipinski definition) is 6. The van der Waals surface area contributed by atoms with Crippen molar-refractivity contribution in [3.8, 4) is 0 Å². The summed E-state index contributed by atoms with van der Waals surface area (Å²) in [7, 11) is 0. The Morgan fingerprint density at radius 2 is 2.00 bits per heavy atom. The highest BCUT2D eigenvalue weighted by molar-refractivity contribution is 7.99. The third-order valence-corrected chi connectivity index (χ3v) is 5.17. The molecular weight excluding hydrogens is 324 g/mol. The maximum atomic E-state index is 10.9. The minimum absolute atomic E-state index is 0.0385. The first-order valence-corrected chi connectivity index (χ1v) is 9.00. The van der Waals surface area contributed by atoms with Crippen LogP contribution < -0.4 is 5.32 Å². The first-order chi connectivity index (χ1) is 11.7. The number of carboxylic acids is 1. The monoisotopic (exact) mass is 344 g/mol. The lowest BCUT2D eigenvalue weighted by Crippen LogP contribution is -2.09. The molecular formula is C17H20N4O2S. The molecule has 0 saturated heterocycles. The van der Waals surface area contributed by atoms with Gasteiger partial charge in [0, 0.05) is 24.2 Å². The number of thioether (sulfide) groups is 1. The molecule has 0 bridgehead atoms. The number of aromatic nitrogens is 3. The van der Waals surface area contributed by atoms with Gasteiger partial charge in [-0.15, -0.1) is 0 Å². The summed E-state index contributed by atoms with van der Waals surface area (Å²) in [5.41, 5.74) is 1.09. The highest BCUT2D eigenvalue weighted by atomic mass is 32.2. The fraction of sp³-hybridized carbons (Fsp3) is 0.412. The quantitative estimate of drug-likeness (QED) is 0.745. The van der Waals surface area contributed by atoms with Crippen molar-refractivity contribution in [1.29, 1.82) is 0 Å². The lowest BCUT2D eigenvalue weighted by Gasteiger charge is -2.08. The Kier molecular flexibility index (Phi) is 5.63. The van der Waals surface area contributed by atoms with E-state index in [0.717, 1.165) is 17.1 Å². The molecule has 0 aliphatic heterocycles. The molecule has 126 valence electrons. The Morgan fingerprint density at radius 3 is 2.71 bits per heavy atom. The second-order valence-electron chi connectivity index (χ2n) is 5.79. The van der Waals surface area contributed by atoms with E-state index in [1.807, 2.05) is 12.4 Å². The minimum Gasteiger partial charge on any atom is -0.477 e. The number of anilines is 1. The van der Waals surface area contributed by atoms with Crippen LogP contribution >= 0.6 is 11.8 Å². The highest BCUT2D eigenvalue weighted by Gasteiger charge is 2.17. The molecule has 3 rings (SSSR count). The van der Waals surface area contributed by atoms with Gasteiger partial charge >= 0.3 is 5.97 Å². The smallest absolute Gasteiger partial charge is 0.354 e. The minimum atomic E-state index is -1.03. The largest absolute Gasteiger partial charge is 0.477 e. The molecule has 1 saturated carbocycles. The van der Waals surface area contributed by atoms with Gasteiger partial charge in [0.15, 0.2) is 10.9 Å². The molecule has 1 fully saturated rings. The number of rotatable bonds is 7. The van der Waals surface area contributed by atoms with Crippen molar-refractivity contribution in [1.82, 2.24) is 15.0 Å². The number of pyridine rings is 1. The molecule has 24 heavy (non-hydrogen) atoms. The summed E-state index contributed by atoms with van der Waals surface area (Å²) in [5.74, 6) is -0.466. The molecule has 6 nitrogen and oxygen atoms in total. The molecule has 1 aliphatic carbocycles. The van der Waals surface area contributed by atoms with E-state index in [1.165, 1.54) is 31.7 Å². The van der Waals surface area contributed by atoms with E-state index in [-0.39, 0.29) is 5.69 Å². The topological polar surface area (TPSA) is 88.0 Å². The van der Waals surface area contributed by atoms with Crippen molar-refractivity contribution >= 4 is 23.5 Å². The zero-order valence-electron chi connectivity index (χ0n) is 13.3. The molecule has 2 aromatic rings. The van der Waals surface area contributed by atoms with Crippen molar-refractivity contribution in [2.24, 2.45) is 0 Å². The number of aromatic carboxylic acids is 1. The first kappa shape index (κ1) is 16.7. The van der Waals surface area contributed by atoms with Crippen molar-refractivity contribution in [2.45, 2.75) is 42.5 Å². The molecule has 7 heteroatoms. The van der Waals surface area contributed by atoms with Crippen LogP contribution in [0.3, 0.4) is 0 Å². The second-order valence-corrected chi connectivity index (χ2v) is 7.06. The van der Waals surface area contributed by atoms with Crippen molar-refractivity contribution in [3.05, 3.63) is 41.9 Å². The van der Waals surface area contributed by atoms with Gasteiger partial charge in [0.25, 0.3) is 0 Å². The van der Waals surface area contributed by atoms with Gasteiger partial charge in [-0.25, -0.2) is 19.7 Å². The third kappa shape index (κ3) is 4.67. The van der Waals surface area contributed by atoms with Crippen molar-refractivity contribution < 1.29 is 9.90 Å². The second kappa shape index (κ2) is 8.10. The van der Waals surface area contributed by atoms with Crippen LogP contribution in [-0.4, -0.2) is 37.8 Å².